The van der Waals surface area contributed by atoms with Crippen LogP contribution in [0.3, 0.4) is 0 Å². The van der Waals surface area contributed by atoms with Gasteiger partial charge in [-0.3, -0.25) is 0 Å². The van der Waals surface area contributed by atoms with Gasteiger partial charge in [-0.25, -0.2) is 0 Å². The van der Waals surface area contributed by atoms with E-state index in [1.165, 1.54) is 17.9 Å². The third-order valence-electron chi connectivity index (χ3n) is 2.23. The van der Waals surface area contributed by atoms with Gasteiger partial charge in [-0.2, -0.15) is 11.8 Å². The second-order valence-corrected chi connectivity index (χ2v) is 4.85. The van der Waals surface area contributed by atoms with Crippen LogP contribution >= 0.6 is 11.8 Å². The molecule has 16 heavy (non-hydrogen) atoms. The standard InChI is InChI=1S/C13H21NOS/c1-2-9-16-10-5-8-15-13-7-4-3-6-12(13)11-14/h3-4,6-7H,2,5,8-11,14H2,1H3. The first kappa shape index (κ1) is 13.4. The van der Waals surface area contributed by atoms with Gasteiger partial charge in [0.1, 0.15) is 5.75 Å². The number of thioether (sulfide) groups is 1. The Kier molecular flexibility index (Phi) is 7.10. The highest BCUT2D eigenvalue weighted by Gasteiger charge is 1.99. The number of para-hydroxylation sites is 1. The summed E-state index contributed by atoms with van der Waals surface area (Å²) in [4.78, 5) is 0. The maximum Gasteiger partial charge on any atom is 0.123 e. The first-order valence-corrected chi connectivity index (χ1v) is 7.02. The molecule has 0 fully saturated rings. The predicted octanol–water partition coefficient (Wildman–Crippen LogP) is 3.06. The van der Waals surface area contributed by atoms with E-state index in [-0.39, 0.29) is 0 Å². The lowest BCUT2D eigenvalue weighted by Crippen LogP contribution is -2.04. The Balaban J connectivity index is 2.21. The van der Waals surface area contributed by atoms with Gasteiger partial charge in [-0.1, -0.05) is 25.1 Å². The third-order valence-corrected chi connectivity index (χ3v) is 3.51. The van der Waals surface area contributed by atoms with Crippen LogP contribution in [0.1, 0.15) is 25.3 Å². The molecule has 0 aliphatic heterocycles. The molecule has 0 aromatic heterocycles. The van der Waals surface area contributed by atoms with E-state index in [0.717, 1.165) is 24.3 Å². The lowest BCUT2D eigenvalue weighted by Gasteiger charge is -2.09. The van der Waals surface area contributed by atoms with Crippen LogP contribution in [0.15, 0.2) is 24.3 Å². The maximum absolute atomic E-state index is 5.71. The van der Waals surface area contributed by atoms with Crippen LogP contribution in [0.5, 0.6) is 5.75 Å². The molecule has 2 N–H and O–H groups in total. The first-order valence-electron chi connectivity index (χ1n) is 5.87. The molecule has 0 amide bonds. The average molecular weight is 239 g/mol. The summed E-state index contributed by atoms with van der Waals surface area (Å²) in [6.07, 6.45) is 2.35. The fourth-order valence-corrected chi connectivity index (χ4v) is 2.22. The average Bonchev–Trinajstić information content (AvgIpc) is 2.34. The predicted molar refractivity (Wildman–Crippen MR) is 72.1 cm³/mol. The van der Waals surface area contributed by atoms with Crippen LogP contribution in [0, 0.1) is 0 Å². The highest BCUT2D eigenvalue weighted by Crippen LogP contribution is 2.17. The van der Waals surface area contributed by atoms with E-state index in [9.17, 15) is 0 Å². The second-order valence-electron chi connectivity index (χ2n) is 3.63. The molecule has 1 aromatic rings. The summed E-state index contributed by atoms with van der Waals surface area (Å²) in [5.74, 6) is 3.36. The molecule has 1 aromatic carbocycles. The van der Waals surface area contributed by atoms with Gasteiger partial charge in [0.2, 0.25) is 0 Å². The lowest BCUT2D eigenvalue weighted by molar-refractivity contribution is 0.315. The highest BCUT2D eigenvalue weighted by molar-refractivity contribution is 7.99. The molecule has 0 saturated heterocycles. The van der Waals surface area contributed by atoms with Gasteiger partial charge in [0.25, 0.3) is 0 Å². The number of nitrogens with two attached hydrogens (primary N) is 1. The Bertz CT molecular complexity index is 291. The van der Waals surface area contributed by atoms with Crippen molar-refractivity contribution in [2.24, 2.45) is 5.73 Å². The molecule has 3 heteroatoms. The topological polar surface area (TPSA) is 35.2 Å². The zero-order chi connectivity index (χ0) is 11.6. The molecule has 0 spiro atoms. The van der Waals surface area contributed by atoms with Crippen molar-refractivity contribution in [1.82, 2.24) is 0 Å². The summed E-state index contributed by atoms with van der Waals surface area (Å²) in [6.45, 7) is 3.54. The monoisotopic (exact) mass is 239 g/mol. The molecular formula is C13H21NOS. The Morgan fingerprint density at radius 2 is 2.06 bits per heavy atom. The van der Waals surface area contributed by atoms with Crippen LogP contribution in [-0.2, 0) is 6.54 Å². The van der Waals surface area contributed by atoms with Crippen molar-refractivity contribution in [3.63, 3.8) is 0 Å². The zero-order valence-electron chi connectivity index (χ0n) is 9.95. The van der Waals surface area contributed by atoms with Crippen molar-refractivity contribution in [2.45, 2.75) is 26.3 Å². The minimum atomic E-state index is 0.542. The van der Waals surface area contributed by atoms with Crippen LogP contribution in [0.2, 0.25) is 0 Å². The molecule has 0 radical (unpaired) electrons. The smallest absolute Gasteiger partial charge is 0.123 e. The Morgan fingerprint density at radius 3 is 2.81 bits per heavy atom. The minimum Gasteiger partial charge on any atom is -0.493 e. The minimum absolute atomic E-state index is 0.542. The van der Waals surface area contributed by atoms with Gasteiger partial charge in [0.05, 0.1) is 6.61 Å². The zero-order valence-corrected chi connectivity index (χ0v) is 10.8. The summed E-state index contributed by atoms with van der Waals surface area (Å²) in [6, 6.07) is 7.98. The quantitative estimate of drug-likeness (QED) is 0.708. The SMILES string of the molecule is CCCSCCCOc1ccccc1CN. The van der Waals surface area contributed by atoms with Crippen molar-refractivity contribution >= 4 is 11.8 Å². The van der Waals surface area contributed by atoms with Crippen molar-refractivity contribution in [2.75, 3.05) is 18.1 Å². The van der Waals surface area contributed by atoms with E-state index in [4.69, 9.17) is 10.5 Å². The van der Waals surface area contributed by atoms with Gasteiger partial charge in [-0.05, 0) is 30.4 Å². The van der Waals surface area contributed by atoms with Crippen molar-refractivity contribution < 1.29 is 4.74 Å². The number of rotatable bonds is 8. The summed E-state index contributed by atoms with van der Waals surface area (Å²) in [5.41, 5.74) is 6.72. The van der Waals surface area contributed by atoms with E-state index in [0.29, 0.717) is 6.54 Å². The fourth-order valence-electron chi connectivity index (χ4n) is 1.40. The molecule has 0 aliphatic carbocycles. The van der Waals surface area contributed by atoms with Crippen molar-refractivity contribution in [3.8, 4) is 5.75 Å². The largest absolute Gasteiger partial charge is 0.493 e. The second kappa shape index (κ2) is 8.48. The fraction of sp³-hybridized carbons (Fsp3) is 0.538. The molecule has 0 heterocycles. The van der Waals surface area contributed by atoms with Gasteiger partial charge in [-0.15, -0.1) is 0 Å². The van der Waals surface area contributed by atoms with Crippen LogP contribution in [0.4, 0.5) is 0 Å². The lowest BCUT2D eigenvalue weighted by atomic mass is 10.2. The molecule has 0 unspecified atom stereocenters. The van der Waals surface area contributed by atoms with E-state index >= 15 is 0 Å². The molecule has 0 atom stereocenters. The number of benzene rings is 1. The molecule has 2 nitrogen and oxygen atoms in total. The number of hydrogen-bond donors (Lipinski definition) is 1. The van der Waals surface area contributed by atoms with E-state index in [2.05, 4.69) is 6.92 Å². The van der Waals surface area contributed by atoms with Crippen LogP contribution in [0.25, 0.3) is 0 Å². The summed E-state index contributed by atoms with van der Waals surface area (Å²) in [7, 11) is 0. The van der Waals surface area contributed by atoms with Gasteiger partial charge >= 0.3 is 0 Å². The Morgan fingerprint density at radius 1 is 1.25 bits per heavy atom. The van der Waals surface area contributed by atoms with Crippen LogP contribution in [-0.4, -0.2) is 18.1 Å². The molecule has 90 valence electrons. The number of hydrogen-bond acceptors (Lipinski definition) is 3. The van der Waals surface area contributed by atoms with E-state index in [1.54, 1.807) is 0 Å². The van der Waals surface area contributed by atoms with Crippen molar-refractivity contribution in [1.29, 1.82) is 0 Å². The number of ether oxygens (including phenoxy) is 1. The third kappa shape index (κ3) is 4.90. The van der Waals surface area contributed by atoms with Gasteiger partial charge < -0.3 is 10.5 Å². The van der Waals surface area contributed by atoms with Crippen molar-refractivity contribution in [3.05, 3.63) is 29.8 Å². The normalized spacial score (nSPS) is 10.4. The molecule has 1 rings (SSSR count). The molecular weight excluding hydrogens is 218 g/mol. The Hall–Kier alpha value is -0.670. The highest BCUT2D eigenvalue weighted by atomic mass is 32.2. The van der Waals surface area contributed by atoms with Crippen LogP contribution < -0.4 is 10.5 Å². The summed E-state index contributed by atoms with van der Waals surface area (Å²) < 4.78 is 5.71. The molecule has 0 bridgehead atoms. The van der Waals surface area contributed by atoms with Gasteiger partial charge in [0, 0.05) is 12.1 Å². The summed E-state index contributed by atoms with van der Waals surface area (Å²) >= 11 is 1.99. The maximum atomic E-state index is 5.71. The van der Waals surface area contributed by atoms with E-state index in [1.807, 2.05) is 36.0 Å². The van der Waals surface area contributed by atoms with Gasteiger partial charge in [0.15, 0.2) is 0 Å². The van der Waals surface area contributed by atoms with E-state index < -0.39 is 0 Å². The molecule has 0 saturated carbocycles. The molecule has 0 aliphatic rings. The summed E-state index contributed by atoms with van der Waals surface area (Å²) in [5, 5.41) is 0. The Labute approximate surface area is 103 Å². The first-order chi connectivity index (χ1) is 7.88.